The van der Waals surface area contributed by atoms with E-state index in [9.17, 15) is 13.2 Å². The van der Waals surface area contributed by atoms with Gasteiger partial charge in [-0.15, -0.1) is 10.2 Å². The molecule has 2 aliphatic rings. The Balaban J connectivity index is 1.52. The largest absolute Gasteiger partial charge is 0.488 e. The van der Waals surface area contributed by atoms with Crippen LogP contribution in [0.2, 0.25) is 0 Å². The Morgan fingerprint density at radius 1 is 1.16 bits per heavy atom. The Labute approximate surface area is 186 Å². The summed E-state index contributed by atoms with van der Waals surface area (Å²) < 4.78 is 53.5. The number of thioether (sulfide) groups is 1. The molecule has 1 saturated heterocycles. The molecule has 0 saturated carbocycles. The average molecular weight is 460 g/mol. The molecule has 0 amide bonds. The van der Waals surface area contributed by atoms with E-state index in [1.54, 1.807) is 6.07 Å². The summed E-state index contributed by atoms with van der Waals surface area (Å²) in [5, 5.41) is 13.1. The van der Waals surface area contributed by atoms with Gasteiger partial charge in [0.2, 0.25) is 5.16 Å². The molecule has 2 aromatic carbocycles. The first-order valence-corrected chi connectivity index (χ1v) is 11.1. The molecule has 0 radical (unpaired) electrons. The third-order valence-corrected chi connectivity index (χ3v) is 6.28. The first-order chi connectivity index (χ1) is 15.4. The maximum Gasteiger partial charge on any atom is 0.417 e. The minimum atomic E-state index is -4.51. The summed E-state index contributed by atoms with van der Waals surface area (Å²) in [7, 11) is 0. The molecule has 0 N–H and O–H groups in total. The third kappa shape index (κ3) is 4.00. The summed E-state index contributed by atoms with van der Waals surface area (Å²) in [6, 6.07) is 11.1. The molecule has 3 heterocycles. The van der Waals surface area contributed by atoms with Crippen LogP contribution in [0.4, 0.5) is 13.2 Å². The van der Waals surface area contributed by atoms with Crippen LogP contribution >= 0.6 is 11.8 Å². The van der Waals surface area contributed by atoms with E-state index in [2.05, 4.69) is 15.3 Å². The number of nitrogens with zero attached hydrogens (tertiary/aromatic N) is 4. The fourth-order valence-electron chi connectivity index (χ4n) is 3.65. The molecule has 166 valence electrons. The summed E-state index contributed by atoms with van der Waals surface area (Å²) in [5.41, 5.74) is 1.72. The summed E-state index contributed by atoms with van der Waals surface area (Å²) in [6.07, 6.45) is -3.65. The van der Waals surface area contributed by atoms with Crippen LogP contribution in [0.1, 0.15) is 23.1 Å². The molecule has 6 nitrogen and oxygen atoms in total. The molecule has 0 unspecified atom stereocenters. The van der Waals surface area contributed by atoms with Crippen molar-refractivity contribution in [3.05, 3.63) is 59.2 Å². The van der Waals surface area contributed by atoms with Crippen LogP contribution in [0, 0.1) is 6.92 Å². The molecule has 0 bridgehead atoms. The van der Waals surface area contributed by atoms with Gasteiger partial charge in [-0.3, -0.25) is 0 Å². The van der Waals surface area contributed by atoms with E-state index in [0.29, 0.717) is 29.8 Å². The van der Waals surface area contributed by atoms with Crippen LogP contribution in [0.25, 0.3) is 11.4 Å². The third-order valence-electron chi connectivity index (χ3n) is 5.35. The lowest BCUT2D eigenvalue weighted by Gasteiger charge is -2.18. The number of hydrogen-bond donors (Lipinski definition) is 0. The normalized spacial score (nSPS) is 18.4. The van der Waals surface area contributed by atoms with Crippen molar-refractivity contribution in [3.8, 4) is 17.1 Å². The second-order valence-corrected chi connectivity index (χ2v) is 8.52. The minimum absolute atomic E-state index is 0.0153. The second-order valence-electron chi connectivity index (χ2n) is 7.58. The van der Waals surface area contributed by atoms with E-state index in [1.807, 2.05) is 25.1 Å². The number of rotatable bonds is 4. The van der Waals surface area contributed by atoms with E-state index >= 15 is 0 Å². The van der Waals surface area contributed by atoms with E-state index in [0.717, 1.165) is 29.4 Å². The number of benzene rings is 2. The van der Waals surface area contributed by atoms with Gasteiger partial charge < -0.3 is 9.47 Å². The Bertz CT molecular complexity index is 1190. The van der Waals surface area contributed by atoms with Crippen molar-refractivity contribution in [2.45, 2.75) is 30.8 Å². The molecule has 0 spiro atoms. The predicted octanol–water partition coefficient (Wildman–Crippen LogP) is 4.80. The number of aromatic nitrogens is 3. The van der Waals surface area contributed by atoms with Crippen LogP contribution in [0.15, 0.2) is 52.7 Å². The zero-order valence-electron chi connectivity index (χ0n) is 17.1. The van der Waals surface area contributed by atoms with Crippen LogP contribution in [0.3, 0.4) is 0 Å². The highest BCUT2D eigenvalue weighted by Crippen LogP contribution is 2.38. The van der Waals surface area contributed by atoms with Crippen molar-refractivity contribution in [3.63, 3.8) is 0 Å². The van der Waals surface area contributed by atoms with E-state index in [1.165, 1.54) is 28.6 Å². The van der Waals surface area contributed by atoms with Gasteiger partial charge in [0.25, 0.3) is 0 Å². The second kappa shape index (κ2) is 8.25. The van der Waals surface area contributed by atoms with Crippen molar-refractivity contribution < 1.29 is 22.6 Å². The van der Waals surface area contributed by atoms with Crippen molar-refractivity contribution in [1.82, 2.24) is 14.9 Å². The molecule has 1 atom stereocenters. The van der Waals surface area contributed by atoms with Gasteiger partial charge in [0.15, 0.2) is 5.82 Å². The molecular formula is C22H19F3N4O2S. The van der Waals surface area contributed by atoms with Crippen molar-refractivity contribution in [2.24, 2.45) is 5.10 Å². The SMILES string of the molecule is Cc1ccc(C2=Nn3c(nnc3-c3ccccc3C(F)(F)F)SC2)cc1O[C@@H]1CCOC1. The number of hydrogen-bond acceptors (Lipinski definition) is 6. The predicted molar refractivity (Wildman–Crippen MR) is 114 cm³/mol. The lowest BCUT2D eigenvalue weighted by Crippen LogP contribution is -2.18. The van der Waals surface area contributed by atoms with Crippen molar-refractivity contribution >= 4 is 17.5 Å². The Morgan fingerprint density at radius 2 is 2.00 bits per heavy atom. The van der Waals surface area contributed by atoms with Gasteiger partial charge in [0, 0.05) is 23.3 Å². The van der Waals surface area contributed by atoms with E-state index < -0.39 is 11.7 Å². The van der Waals surface area contributed by atoms with Gasteiger partial charge in [-0.1, -0.05) is 42.1 Å². The average Bonchev–Trinajstić information content (AvgIpc) is 3.44. The van der Waals surface area contributed by atoms with Crippen LogP contribution < -0.4 is 4.74 Å². The monoisotopic (exact) mass is 460 g/mol. The molecule has 32 heavy (non-hydrogen) atoms. The number of ether oxygens (including phenoxy) is 2. The molecular weight excluding hydrogens is 441 g/mol. The van der Waals surface area contributed by atoms with Gasteiger partial charge in [-0.25, -0.2) is 0 Å². The zero-order chi connectivity index (χ0) is 22.3. The number of halogens is 3. The number of aryl methyl sites for hydroxylation is 1. The quantitative estimate of drug-likeness (QED) is 0.560. The number of alkyl halides is 3. The van der Waals surface area contributed by atoms with Gasteiger partial charge in [-0.05, 0) is 24.6 Å². The fraction of sp³-hybridized carbons (Fsp3) is 0.318. The molecule has 1 aromatic heterocycles. The maximum absolute atomic E-state index is 13.5. The zero-order valence-corrected chi connectivity index (χ0v) is 17.9. The summed E-state index contributed by atoms with van der Waals surface area (Å²) >= 11 is 1.38. The van der Waals surface area contributed by atoms with Gasteiger partial charge >= 0.3 is 6.18 Å². The van der Waals surface area contributed by atoms with Crippen LogP contribution in [0.5, 0.6) is 5.75 Å². The Hall–Kier alpha value is -2.85. The highest BCUT2D eigenvalue weighted by molar-refractivity contribution is 7.99. The molecule has 0 aliphatic carbocycles. The van der Waals surface area contributed by atoms with Crippen LogP contribution in [-0.4, -0.2) is 45.7 Å². The van der Waals surface area contributed by atoms with Gasteiger partial charge in [0.1, 0.15) is 11.9 Å². The lowest BCUT2D eigenvalue weighted by molar-refractivity contribution is -0.137. The van der Waals surface area contributed by atoms with Crippen molar-refractivity contribution in [1.29, 1.82) is 0 Å². The molecule has 10 heteroatoms. The standard InChI is InChI=1S/C22H19F3N4O2S/c1-13-6-7-14(10-19(13)31-15-8-9-30-11-15)18-12-32-21-27-26-20(29(21)28-18)16-4-2-3-5-17(16)22(23,24)25/h2-7,10,15H,8-9,11-12H2,1H3/t15-/m1/s1. The minimum Gasteiger partial charge on any atom is -0.488 e. The summed E-state index contributed by atoms with van der Waals surface area (Å²) in [6.45, 7) is 3.22. The topological polar surface area (TPSA) is 61.5 Å². The lowest BCUT2D eigenvalue weighted by atomic mass is 10.1. The van der Waals surface area contributed by atoms with Gasteiger partial charge in [-0.2, -0.15) is 22.9 Å². The number of fused-ring (bicyclic) bond motifs is 1. The van der Waals surface area contributed by atoms with Crippen molar-refractivity contribution in [2.75, 3.05) is 19.0 Å². The Kier molecular flexibility index (Phi) is 5.42. The fourth-order valence-corrected chi connectivity index (χ4v) is 4.49. The molecule has 5 rings (SSSR count). The van der Waals surface area contributed by atoms with Gasteiger partial charge in [0.05, 0.1) is 24.5 Å². The molecule has 2 aliphatic heterocycles. The first-order valence-electron chi connectivity index (χ1n) is 10.1. The Morgan fingerprint density at radius 3 is 2.78 bits per heavy atom. The molecule has 1 fully saturated rings. The summed E-state index contributed by atoms with van der Waals surface area (Å²) in [5.74, 6) is 1.33. The smallest absolute Gasteiger partial charge is 0.417 e. The molecule has 3 aromatic rings. The van der Waals surface area contributed by atoms with Crippen LogP contribution in [-0.2, 0) is 10.9 Å². The van der Waals surface area contributed by atoms with E-state index in [4.69, 9.17) is 9.47 Å². The maximum atomic E-state index is 13.5. The highest BCUT2D eigenvalue weighted by Gasteiger charge is 2.35. The summed E-state index contributed by atoms with van der Waals surface area (Å²) in [4.78, 5) is 0. The first kappa shape index (κ1) is 21.0. The highest BCUT2D eigenvalue weighted by atomic mass is 32.2. The van der Waals surface area contributed by atoms with E-state index in [-0.39, 0.29) is 17.5 Å².